The van der Waals surface area contributed by atoms with E-state index in [2.05, 4.69) is 71.2 Å². The van der Waals surface area contributed by atoms with E-state index in [4.69, 9.17) is 0 Å². The molecule has 0 bridgehead atoms. The van der Waals surface area contributed by atoms with Crippen LogP contribution < -0.4 is 10.2 Å². The fraction of sp³-hybridized carbons (Fsp3) is 0.174. The van der Waals surface area contributed by atoms with Crippen molar-refractivity contribution < 1.29 is 4.79 Å². The van der Waals surface area contributed by atoms with E-state index in [1.165, 1.54) is 9.13 Å². The summed E-state index contributed by atoms with van der Waals surface area (Å²) in [6.07, 6.45) is 0.863. The lowest BCUT2D eigenvalue weighted by Crippen LogP contribution is -2.44. The smallest absolute Gasteiger partial charge is 0.258 e. The minimum atomic E-state index is 0.0586. The molecule has 1 aliphatic heterocycles. The van der Waals surface area contributed by atoms with Gasteiger partial charge in [-0.3, -0.25) is 4.79 Å². The normalized spacial score (nSPS) is 18.7. The number of nitrogens with one attached hydrogen (secondary N) is 1. The number of rotatable bonds is 3. The van der Waals surface area contributed by atoms with Gasteiger partial charge in [0.15, 0.2) is 0 Å². The lowest BCUT2D eigenvalue weighted by atomic mass is 9.90. The van der Waals surface area contributed by atoms with Gasteiger partial charge >= 0.3 is 0 Å². The van der Waals surface area contributed by atoms with E-state index in [-0.39, 0.29) is 18.0 Å². The topological polar surface area (TPSA) is 32.3 Å². The van der Waals surface area contributed by atoms with E-state index in [1.54, 1.807) is 0 Å². The van der Waals surface area contributed by atoms with Crippen LogP contribution in [0.25, 0.3) is 0 Å². The Bertz CT molecular complexity index is 940. The number of carbonyl (C=O) groups excluding carboxylic acids is 1. The van der Waals surface area contributed by atoms with Gasteiger partial charge in [0, 0.05) is 26.6 Å². The summed E-state index contributed by atoms with van der Waals surface area (Å²) < 4.78 is 1.22. The highest BCUT2D eigenvalue weighted by Crippen LogP contribution is 2.39. The lowest BCUT2D eigenvalue weighted by Gasteiger charge is -2.40. The number of fused-ring (bicyclic) bond motifs is 1. The highest BCUT2D eigenvalue weighted by Gasteiger charge is 2.33. The van der Waals surface area contributed by atoms with Crippen molar-refractivity contribution in [3.63, 3.8) is 0 Å². The molecule has 1 N–H and O–H groups in total. The Morgan fingerprint density at radius 3 is 2.37 bits per heavy atom. The Morgan fingerprint density at radius 1 is 0.963 bits per heavy atom. The molecule has 3 aromatic carbocycles. The third-order valence-electron chi connectivity index (χ3n) is 5.01. The molecular formula is C23H21IN2O. The van der Waals surface area contributed by atoms with Gasteiger partial charge in [-0.1, -0.05) is 36.4 Å². The number of para-hydroxylation sites is 1. The van der Waals surface area contributed by atoms with Crippen molar-refractivity contribution in [2.75, 3.05) is 10.2 Å². The van der Waals surface area contributed by atoms with Crippen LogP contribution in [-0.4, -0.2) is 11.9 Å². The van der Waals surface area contributed by atoms with E-state index in [9.17, 15) is 4.79 Å². The maximum Gasteiger partial charge on any atom is 0.258 e. The molecule has 1 heterocycles. The second-order valence-electron chi connectivity index (χ2n) is 6.89. The van der Waals surface area contributed by atoms with Gasteiger partial charge in [-0.2, -0.15) is 0 Å². The van der Waals surface area contributed by atoms with Crippen LogP contribution in [0.1, 0.15) is 35.3 Å². The van der Waals surface area contributed by atoms with Crippen molar-refractivity contribution in [3.05, 3.63) is 93.6 Å². The van der Waals surface area contributed by atoms with Crippen molar-refractivity contribution in [3.8, 4) is 0 Å². The summed E-state index contributed by atoms with van der Waals surface area (Å²) in [5.74, 6) is 0.0586. The molecule has 0 radical (unpaired) electrons. The molecule has 0 spiro atoms. The second kappa shape index (κ2) is 7.72. The number of anilines is 2. The zero-order valence-corrected chi connectivity index (χ0v) is 17.3. The number of benzene rings is 3. The van der Waals surface area contributed by atoms with Crippen LogP contribution in [0, 0.1) is 3.57 Å². The average Bonchev–Trinajstić information content (AvgIpc) is 2.70. The number of amides is 1. The molecule has 2 atom stereocenters. The van der Waals surface area contributed by atoms with Gasteiger partial charge in [0.25, 0.3) is 5.91 Å². The number of nitrogens with zero attached hydrogens (tertiary/aromatic N) is 1. The third kappa shape index (κ3) is 3.72. The highest BCUT2D eigenvalue weighted by atomic mass is 127. The summed E-state index contributed by atoms with van der Waals surface area (Å²) in [5, 5.41) is 3.65. The predicted octanol–water partition coefficient (Wildman–Crippen LogP) is 5.88. The van der Waals surface area contributed by atoms with Crippen molar-refractivity contribution in [1.82, 2.24) is 0 Å². The summed E-state index contributed by atoms with van der Waals surface area (Å²) in [6.45, 7) is 2.12. The van der Waals surface area contributed by atoms with Gasteiger partial charge in [0.05, 0.1) is 6.04 Å². The maximum atomic E-state index is 13.2. The number of halogens is 1. The predicted molar refractivity (Wildman–Crippen MR) is 119 cm³/mol. The average molecular weight is 468 g/mol. The van der Waals surface area contributed by atoms with Crippen LogP contribution >= 0.6 is 22.6 Å². The molecule has 0 saturated heterocycles. The highest BCUT2D eigenvalue weighted by molar-refractivity contribution is 14.1. The van der Waals surface area contributed by atoms with Gasteiger partial charge in [-0.05, 0) is 84.0 Å². The Hall–Kier alpha value is -2.34. The molecule has 4 heteroatoms. The van der Waals surface area contributed by atoms with Gasteiger partial charge in [-0.15, -0.1) is 0 Å². The van der Waals surface area contributed by atoms with E-state index in [1.807, 2.05) is 47.4 Å². The molecule has 0 aromatic heterocycles. The first-order chi connectivity index (χ1) is 13.1. The van der Waals surface area contributed by atoms with Gasteiger partial charge in [0.1, 0.15) is 0 Å². The van der Waals surface area contributed by atoms with Crippen molar-refractivity contribution in [2.45, 2.75) is 25.4 Å². The fourth-order valence-electron chi connectivity index (χ4n) is 3.73. The summed E-state index contributed by atoms with van der Waals surface area (Å²) in [5.41, 5.74) is 3.99. The van der Waals surface area contributed by atoms with Crippen LogP contribution in [0.5, 0.6) is 0 Å². The Balaban J connectivity index is 1.68. The van der Waals surface area contributed by atoms with Crippen molar-refractivity contribution in [2.24, 2.45) is 0 Å². The fourth-order valence-corrected chi connectivity index (χ4v) is 4.09. The van der Waals surface area contributed by atoms with Crippen molar-refractivity contribution >= 4 is 39.9 Å². The molecule has 0 fully saturated rings. The minimum Gasteiger partial charge on any atom is -0.378 e. The number of carbonyl (C=O) groups is 1. The van der Waals surface area contributed by atoms with Gasteiger partial charge < -0.3 is 10.2 Å². The van der Waals surface area contributed by atoms with Gasteiger partial charge in [-0.25, -0.2) is 0 Å². The summed E-state index contributed by atoms with van der Waals surface area (Å²) in [4.78, 5) is 15.1. The molecule has 1 amide bonds. The zero-order chi connectivity index (χ0) is 18.8. The molecule has 1 aliphatic rings. The SMILES string of the molecule is CC1CC(Nc2ccc(I)cc2)c2ccccc2N1C(=O)c1ccccc1. The molecule has 2 unspecified atom stereocenters. The van der Waals surface area contributed by atoms with Crippen LogP contribution in [0.3, 0.4) is 0 Å². The summed E-state index contributed by atoms with van der Waals surface area (Å²) >= 11 is 2.31. The largest absolute Gasteiger partial charge is 0.378 e. The Kier molecular flexibility index (Phi) is 5.16. The molecule has 0 aliphatic carbocycles. The summed E-state index contributed by atoms with van der Waals surface area (Å²) in [6, 6.07) is 26.4. The maximum absolute atomic E-state index is 13.2. The number of hydrogen-bond acceptors (Lipinski definition) is 2. The molecule has 4 rings (SSSR count). The van der Waals surface area contributed by atoms with E-state index in [0.717, 1.165) is 23.4 Å². The quantitative estimate of drug-likeness (QED) is 0.487. The lowest BCUT2D eigenvalue weighted by molar-refractivity contribution is 0.0974. The first-order valence-corrected chi connectivity index (χ1v) is 10.2. The monoisotopic (exact) mass is 468 g/mol. The zero-order valence-electron chi connectivity index (χ0n) is 15.1. The van der Waals surface area contributed by atoms with Crippen molar-refractivity contribution in [1.29, 1.82) is 0 Å². The molecule has 3 aromatic rings. The first kappa shape index (κ1) is 18.0. The second-order valence-corrected chi connectivity index (χ2v) is 8.13. The number of hydrogen-bond donors (Lipinski definition) is 1. The first-order valence-electron chi connectivity index (χ1n) is 9.13. The molecule has 136 valence electrons. The van der Waals surface area contributed by atoms with Crippen LogP contribution in [0.2, 0.25) is 0 Å². The standard InChI is InChI=1S/C23H21IN2O/c1-16-15-21(25-19-13-11-18(24)12-14-19)20-9-5-6-10-22(20)26(16)23(27)17-7-3-2-4-8-17/h2-14,16,21,25H,15H2,1H3. The Labute approximate surface area is 173 Å². The third-order valence-corrected chi connectivity index (χ3v) is 5.73. The Morgan fingerprint density at radius 2 is 1.63 bits per heavy atom. The molecule has 27 heavy (non-hydrogen) atoms. The van der Waals surface area contributed by atoms with E-state index >= 15 is 0 Å². The van der Waals surface area contributed by atoms with Crippen LogP contribution in [0.4, 0.5) is 11.4 Å². The van der Waals surface area contributed by atoms with E-state index in [0.29, 0.717) is 0 Å². The van der Waals surface area contributed by atoms with E-state index < -0.39 is 0 Å². The minimum absolute atomic E-state index is 0.0586. The summed E-state index contributed by atoms with van der Waals surface area (Å²) in [7, 11) is 0. The van der Waals surface area contributed by atoms with Crippen LogP contribution in [0.15, 0.2) is 78.9 Å². The molecule has 0 saturated carbocycles. The molecule has 3 nitrogen and oxygen atoms in total. The molecular weight excluding hydrogens is 447 g/mol. The van der Waals surface area contributed by atoms with Gasteiger partial charge in [0.2, 0.25) is 0 Å². The van der Waals surface area contributed by atoms with Crippen LogP contribution in [-0.2, 0) is 0 Å².